The Morgan fingerprint density at radius 1 is 1.20 bits per heavy atom. The van der Waals surface area contributed by atoms with Gasteiger partial charge in [-0.3, -0.25) is 24.3 Å². The van der Waals surface area contributed by atoms with Crippen LogP contribution in [0.15, 0.2) is 0 Å². The lowest BCUT2D eigenvalue weighted by Gasteiger charge is -2.42. The average molecular weight is 281 g/mol. The van der Waals surface area contributed by atoms with E-state index in [1.54, 1.807) is 4.90 Å². The van der Waals surface area contributed by atoms with Gasteiger partial charge in [-0.2, -0.15) is 0 Å². The number of carboxylic acid groups (broad SMARTS) is 2. The Morgan fingerprint density at radius 3 is 2.35 bits per heavy atom. The second-order valence-electron chi connectivity index (χ2n) is 5.02. The number of carbonyl (C=O) groups is 2. The van der Waals surface area contributed by atoms with Gasteiger partial charge in [-0.15, -0.1) is 0 Å². The molecule has 6 radical (unpaired) electrons. The standard InChI is InChI=1S/C13H19N3O4/c1-4-13(15(3)7-11(17)18)9-14(2)5-6-16(10-13)8-12(19)20/h1-3H,4-10H2,(H,17,18)(H,19,20). The summed E-state index contributed by atoms with van der Waals surface area (Å²) in [5, 5.41) is 17.8. The van der Waals surface area contributed by atoms with Crippen molar-refractivity contribution in [3.63, 3.8) is 0 Å². The van der Waals surface area contributed by atoms with Gasteiger partial charge in [0.25, 0.3) is 0 Å². The molecule has 1 saturated heterocycles. The first-order chi connectivity index (χ1) is 9.29. The highest BCUT2D eigenvalue weighted by Gasteiger charge is 2.39. The number of aliphatic carboxylic acids is 2. The normalized spacial score (nSPS) is 25.6. The lowest BCUT2D eigenvalue weighted by molar-refractivity contribution is -0.141. The predicted octanol–water partition coefficient (Wildman–Crippen LogP) is -0.748. The molecule has 20 heavy (non-hydrogen) atoms. The Morgan fingerprint density at radius 2 is 1.85 bits per heavy atom. The summed E-state index contributed by atoms with van der Waals surface area (Å²) in [6.07, 6.45) is 0.0700. The molecule has 0 spiro atoms. The lowest BCUT2D eigenvalue weighted by atomic mass is 9.92. The molecular formula is C13H19N3O4. The molecule has 1 aliphatic rings. The van der Waals surface area contributed by atoms with Gasteiger partial charge in [0.15, 0.2) is 0 Å². The summed E-state index contributed by atoms with van der Waals surface area (Å²) in [7, 11) is 11.7. The van der Waals surface area contributed by atoms with Crippen LogP contribution in [-0.2, 0) is 9.59 Å². The molecule has 1 unspecified atom stereocenters. The zero-order valence-corrected chi connectivity index (χ0v) is 11.2. The maximum Gasteiger partial charge on any atom is 0.317 e. The van der Waals surface area contributed by atoms with Gasteiger partial charge in [0.2, 0.25) is 0 Å². The molecule has 0 aromatic heterocycles. The zero-order valence-electron chi connectivity index (χ0n) is 11.2. The van der Waals surface area contributed by atoms with Crippen molar-refractivity contribution in [3.8, 4) is 0 Å². The second kappa shape index (κ2) is 7.01. The van der Waals surface area contributed by atoms with Crippen molar-refractivity contribution in [2.75, 3.05) is 39.3 Å². The fraction of sp³-hybridized carbons (Fsp3) is 0.615. The minimum Gasteiger partial charge on any atom is -0.480 e. The van der Waals surface area contributed by atoms with Crippen molar-refractivity contribution in [1.82, 2.24) is 14.7 Å². The largest absolute Gasteiger partial charge is 0.480 e. The molecule has 1 aliphatic heterocycles. The number of nitrogens with zero attached hydrogens (tertiary/aromatic N) is 3. The van der Waals surface area contributed by atoms with Crippen LogP contribution in [0, 0.1) is 21.0 Å². The molecule has 7 nitrogen and oxygen atoms in total. The summed E-state index contributed by atoms with van der Waals surface area (Å²) < 4.78 is 0. The van der Waals surface area contributed by atoms with Crippen LogP contribution in [0.3, 0.4) is 0 Å². The Hall–Kier alpha value is -1.18. The Balaban J connectivity index is 2.93. The molecule has 0 aliphatic carbocycles. The van der Waals surface area contributed by atoms with E-state index in [2.05, 4.69) is 0 Å². The molecule has 0 amide bonds. The number of carboxylic acids is 2. The average Bonchev–Trinajstić information content (AvgIpc) is 2.48. The third-order valence-electron chi connectivity index (χ3n) is 3.37. The van der Waals surface area contributed by atoms with Crippen LogP contribution in [0.2, 0.25) is 0 Å². The van der Waals surface area contributed by atoms with E-state index in [4.69, 9.17) is 31.2 Å². The van der Waals surface area contributed by atoms with Crippen LogP contribution in [0.1, 0.15) is 6.42 Å². The van der Waals surface area contributed by atoms with E-state index in [9.17, 15) is 9.59 Å². The minimum absolute atomic E-state index is 0.0700. The van der Waals surface area contributed by atoms with E-state index in [-0.39, 0.29) is 26.1 Å². The van der Waals surface area contributed by atoms with Gasteiger partial charge in [-0.1, -0.05) is 0 Å². The van der Waals surface area contributed by atoms with Crippen LogP contribution in [-0.4, -0.2) is 81.7 Å². The van der Waals surface area contributed by atoms with Crippen LogP contribution >= 0.6 is 0 Å². The molecule has 1 rings (SSSR count). The number of hydrogen-bond acceptors (Lipinski definition) is 5. The second-order valence-corrected chi connectivity index (χ2v) is 5.02. The van der Waals surface area contributed by atoms with E-state index < -0.39 is 24.0 Å². The lowest BCUT2D eigenvalue weighted by Crippen LogP contribution is -2.57. The highest BCUT2D eigenvalue weighted by atomic mass is 16.4. The Bertz CT molecular complexity index is 364. The van der Waals surface area contributed by atoms with Gasteiger partial charge in [-0.25, -0.2) is 0 Å². The highest BCUT2D eigenvalue weighted by molar-refractivity contribution is 5.69. The van der Waals surface area contributed by atoms with Gasteiger partial charge in [0.05, 0.1) is 13.1 Å². The molecule has 110 valence electrons. The van der Waals surface area contributed by atoms with Crippen molar-refractivity contribution in [2.24, 2.45) is 0 Å². The smallest absolute Gasteiger partial charge is 0.317 e. The van der Waals surface area contributed by atoms with Crippen LogP contribution in [0.4, 0.5) is 0 Å². The summed E-state index contributed by atoms with van der Waals surface area (Å²) in [4.78, 5) is 25.9. The first-order valence-electron chi connectivity index (χ1n) is 6.17. The van der Waals surface area contributed by atoms with Crippen LogP contribution < -0.4 is 0 Å². The summed E-state index contributed by atoms with van der Waals surface area (Å²) >= 11 is 0. The summed E-state index contributed by atoms with van der Waals surface area (Å²) in [6.45, 7) is 6.62. The molecule has 0 aromatic rings. The van der Waals surface area contributed by atoms with Gasteiger partial charge in [-0.05, 0) is 13.3 Å². The van der Waals surface area contributed by atoms with Gasteiger partial charge in [0, 0.05) is 45.8 Å². The molecule has 0 saturated carbocycles. The van der Waals surface area contributed by atoms with Crippen molar-refractivity contribution < 1.29 is 19.8 Å². The van der Waals surface area contributed by atoms with Crippen LogP contribution in [0.5, 0.6) is 0 Å². The van der Waals surface area contributed by atoms with E-state index in [0.717, 1.165) is 4.90 Å². The highest BCUT2D eigenvalue weighted by Crippen LogP contribution is 2.24. The zero-order chi connectivity index (χ0) is 15.3. The van der Waals surface area contributed by atoms with Crippen LogP contribution in [0.25, 0.3) is 0 Å². The summed E-state index contributed by atoms with van der Waals surface area (Å²) in [5.74, 6) is -2.05. The number of rotatable bonds is 6. The molecule has 1 heterocycles. The molecular weight excluding hydrogens is 262 g/mol. The van der Waals surface area contributed by atoms with E-state index in [1.165, 1.54) is 4.90 Å². The van der Waals surface area contributed by atoms with E-state index in [0.29, 0.717) is 13.1 Å². The Labute approximate surface area is 119 Å². The fourth-order valence-corrected chi connectivity index (χ4v) is 2.34. The first kappa shape index (κ1) is 16.9. The molecule has 0 aromatic carbocycles. The third kappa shape index (κ3) is 4.43. The maximum absolute atomic E-state index is 10.9. The SMILES string of the molecule is [CH]CC1(N([CH])CC(=O)O)CN([CH])CCN(CC(=O)O)C1. The summed E-state index contributed by atoms with van der Waals surface area (Å²) in [6, 6.07) is 0. The molecule has 1 atom stereocenters. The van der Waals surface area contributed by atoms with Crippen molar-refractivity contribution in [1.29, 1.82) is 0 Å². The first-order valence-corrected chi connectivity index (χ1v) is 6.17. The number of hydrogen-bond donors (Lipinski definition) is 2. The monoisotopic (exact) mass is 281 g/mol. The molecule has 2 N–H and O–H groups in total. The topological polar surface area (TPSA) is 84.3 Å². The van der Waals surface area contributed by atoms with E-state index >= 15 is 0 Å². The predicted molar refractivity (Wildman–Crippen MR) is 70.2 cm³/mol. The van der Waals surface area contributed by atoms with Crippen molar-refractivity contribution in [2.45, 2.75) is 12.0 Å². The van der Waals surface area contributed by atoms with Gasteiger partial charge in [0.1, 0.15) is 0 Å². The summed E-state index contributed by atoms with van der Waals surface area (Å²) in [5.41, 5.74) is -0.904. The molecule has 7 heteroatoms. The third-order valence-corrected chi connectivity index (χ3v) is 3.37. The molecule has 0 bridgehead atoms. The Kier molecular flexibility index (Phi) is 5.91. The minimum atomic E-state index is -1.09. The van der Waals surface area contributed by atoms with E-state index in [1.807, 2.05) is 0 Å². The van der Waals surface area contributed by atoms with Crippen molar-refractivity contribution >= 4 is 11.9 Å². The van der Waals surface area contributed by atoms with Gasteiger partial charge >= 0.3 is 11.9 Å². The van der Waals surface area contributed by atoms with Crippen molar-refractivity contribution in [3.05, 3.63) is 21.0 Å². The van der Waals surface area contributed by atoms with Gasteiger partial charge < -0.3 is 10.2 Å². The maximum atomic E-state index is 10.9. The molecule has 1 fully saturated rings. The fourth-order valence-electron chi connectivity index (χ4n) is 2.34. The quantitative estimate of drug-likeness (QED) is 0.620.